The second kappa shape index (κ2) is 5.87. The van der Waals surface area contributed by atoms with Gasteiger partial charge in [-0.15, -0.1) is 0 Å². The molecule has 1 aromatic carbocycles. The number of rotatable bonds is 6. The van der Waals surface area contributed by atoms with E-state index in [-0.39, 0.29) is 12.0 Å². The van der Waals surface area contributed by atoms with Crippen LogP contribution in [0.4, 0.5) is 0 Å². The van der Waals surface area contributed by atoms with Gasteiger partial charge in [0.1, 0.15) is 5.75 Å². The van der Waals surface area contributed by atoms with E-state index in [0.717, 1.165) is 18.8 Å². The third kappa shape index (κ3) is 4.21. The first-order valence-corrected chi connectivity index (χ1v) is 5.52. The number of ether oxygens (including phenoxy) is 1. The maximum absolute atomic E-state index is 9.10. The van der Waals surface area contributed by atoms with Crippen LogP contribution >= 0.6 is 0 Å². The summed E-state index contributed by atoms with van der Waals surface area (Å²) < 4.78 is 5.09. The van der Waals surface area contributed by atoms with Crippen molar-refractivity contribution in [1.29, 1.82) is 0 Å². The van der Waals surface area contributed by atoms with Crippen LogP contribution in [0.2, 0.25) is 0 Å². The normalized spacial score (nSPS) is 11.5. The minimum Gasteiger partial charge on any atom is -0.497 e. The van der Waals surface area contributed by atoms with Crippen LogP contribution in [0.3, 0.4) is 0 Å². The van der Waals surface area contributed by atoms with Crippen molar-refractivity contribution in [1.82, 2.24) is 5.32 Å². The van der Waals surface area contributed by atoms with Gasteiger partial charge in [0.05, 0.1) is 7.11 Å². The molecular formula is C13H21NO2. The van der Waals surface area contributed by atoms with E-state index in [0.29, 0.717) is 0 Å². The Labute approximate surface area is 97.4 Å². The molecule has 3 heteroatoms. The van der Waals surface area contributed by atoms with E-state index < -0.39 is 0 Å². The van der Waals surface area contributed by atoms with E-state index in [9.17, 15) is 0 Å². The van der Waals surface area contributed by atoms with Gasteiger partial charge in [0.15, 0.2) is 0 Å². The monoisotopic (exact) mass is 223 g/mol. The molecule has 1 aromatic rings. The first-order chi connectivity index (χ1) is 7.57. The zero-order valence-corrected chi connectivity index (χ0v) is 10.3. The van der Waals surface area contributed by atoms with Gasteiger partial charge in [-0.25, -0.2) is 0 Å². The van der Waals surface area contributed by atoms with Crippen LogP contribution in [0.25, 0.3) is 0 Å². The lowest BCUT2D eigenvalue weighted by molar-refractivity contribution is 0.156. The quantitative estimate of drug-likeness (QED) is 0.772. The van der Waals surface area contributed by atoms with Crippen molar-refractivity contribution in [3.63, 3.8) is 0 Å². The van der Waals surface area contributed by atoms with Crippen LogP contribution in [0.15, 0.2) is 24.3 Å². The summed E-state index contributed by atoms with van der Waals surface area (Å²) in [6.07, 6.45) is 0. The average Bonchev–Trinajstić information content (AvgIpc) is 2.30. The molecule has 0 unspecified atom stereocenters. The van der Waals surface area contributed by atoms with Gasteiger partial charge in [0, 0.05) is 25.1 Å². The molecule has 0 aliphatic heterocycles. The predicted octanol–water partition coefficient (Wildman–Crippen LogP) is 1.80. The summed E-state index contributed by atoms with van der Waals surface area (Å²) >= 11 is 0. The predicted molar refractivity (Wildman–Crippen MR) is 65.6 cm³/mol. The molecule has 0 saturated carbocycles. The fraction of sp³-hybridized carbons (Fsp3) is 0.538. The molecule has 90 valence electrons. The third-order valence-corrected chi connectivity index (χ3v) is 2.52. The molecule has 0 spiro atoms. The Balaban J connectivity index is 2.37. The minimum atomic E-state index is -0.0630. The molecule has 0 heterocycles. The number of benzene rings is 1. The maximum atomic E-state index is 9.10. The maximum Gasteiger partial charge on any atom is 0.118 e. The van der Waals surface area contributed by atoms with Gasteiger partial charge < -0.3 is 15.2 Å². The molecule has 0 aliphatic carbocycles. The van der Waals surface area contributed by atoms with Crippen LogP contribution in [0.1, 0.15) is 19.4 Å². The molecule has 0 bridgehead atoms. The Hall–Kier alpha value is -1.06. The Morgan fingerprint density at radius 2 is 1.88 bits per heavy atom. The number of aliphatic hydroxyl groups excluding tert-OH is 1. The van der Waals surface area contributed by atoms with Crippen molar-refractivity contribution >= 4 is 0 Å². The first kappa shape index (κ1) is 13.0. The van der Waals surface area contributed by atoms with Crippen molar-refractivity contribution < 1.29 is 9.84 Å². The van der Waals surface area contributed by atoms with Gasteiger partial charge >= 0.3 is 0 Å². The molecule has 3 nitrogen and oxygen atoms in total. The molecule has 0 aromatic heterocycles. The van der Waals surface area contributed by atoms with Gasteiger partial charge in [-0.1, -0.05) is 26.0 Å². The van der Waals surface area contributed by atoms with Gasteiger partial charge in [-0.05, 0) is 17.7 Å². The Bertz CT molecular complexity index is 306. The van der Waals surface area contributed by atoms with Gasteiger partial charge in [-0.2, -0.15) is 0 Å². The number of aliphatic hydroxyl groups is 1. The number of nitrogens with one attached hydrogen (secondary N) is 1. The molecule has 0 amide bonds. The Kier molecular flexibility index (Phi) is 4.77. The molecule has 1 rings (SSSR count). The summed E-state index contributed by atoms with van der Waals surface area (Å²) in [4.78, 5) is 0. The van der Waals surface area contributed by atoms with E-state index in [2.05, 4.69) is 5.32 Å². The molecule has 0 radical (unpaired) electrons. The van der Waals surface area contributed by atoms with Crippen molar-refractivity contribution in [3.8, 4) is 5.75 Å². The van der Waals surface area contributed by atoms with Crippen LogP contribution in [-0.2, 0) is 6.54 Å². The summed E-state index contributed by atoms with van der Waals surface area (Å²) in [5.41, 5.74) is 1.15. The van der Waals surface area contributed by atoms with Crippen LogP contribution in [0.5, 0.6) is 5.75 Å². The summed E-state index contributed by atoms with van der Waals surface area (Å²) in [5, 5.41) is 12.4. The summed E-state index contributed by atoms with van der Waals surface area (Å²) in [5.74, 6) is 0.874. The first-order valence-electron chi connectivity index (χ1n) is 5.52. The van der Waals surface area contributed by atoms with E-state index in [1.807, 2.05) is 38.1 Å². The van der Waals surface area contributed by atoms with Gasteiger partial charge in [0.25, 0.3) is 0 Å². The van der Waals surface area contributed by atoms with Crippen molar-refractivity contribution in [2.75, 3.05) is 20.3 Å². The highest BCUT2D eigenvalue weighted by atomic mass is 16.5. The fourth-order valence-corrected chi connectivity index (χ4v) is 1.34. The molecule has 16 heavy (non-hydrogen) atoms. The molecular weight excluding hydrogens is 202 g/mol. The highest BCUT2D eigenvalue weighted by molar-refractivity contribution is 5.26. The zero-order chi connectivity index (χ0) is 12.0. The zero-order valence-electron chi connectivity index (χ0n) is 10.3. The largest absolute Gasteiger partial charge is 0.497 e. The summed E-state index contributed by atoms with van der Waals surface area (Å²) in [7, 11) is 1.66. The molecule has 0 aliphatic rings. The molecule has 0 fully saturated rings. The molecule has 2 N–H and O–H groups in total. The van der Waals surface area contributed by atoms with Crippen molar-refractivity contribution in [2.45, 2.75) is 20.4 Å². The highest BCUT2D eigenvalue weighted by Gasteiger charge is 2.15. The van der Waals surface area contributed by atoms with E-state index >= 15 is 0 Å². The topological polar surface area (TPSA) is 41.5 Å². The second-order valence-electron chi connectivity index (χ2n) is 4.77. The second-order valence-corrected chi connectivity index (χ2v) is 4.77. The third-order valence-electron chi connectivity index (χ3n) is 2.52. The number of hydrogen-bond acceptors (Lipinski definition) is 3. The van der Waals surface area contributed by atoms with E-state index in [1.165, 1.54) is 5.56 Å². The van der Waals surface area contributed by atoms with Gasteiger partial charge in [0.2, 0.25) is 0 Å². The minimum absolute atomic E-state index is 0.0630. The smallest absolute Gasteiger partial charge is 0.118 e. The van der Waals surface area contributed by atoms with Crippen molar-refractivity contribution in [3.05, 3.63) is 29.8 Å². The van der Waals surface area contributed by atoms with Crippen molar-refractivity contribution in [2.24, 2.45) is 5.41 Å². The van der Waals surface area contributed by atoms with Crippen LogP contribution in [0, 0.1) is 5.41 Å². The lowest BCUT2D eigenvalue weighted by Gasteiger charge is -2.21. The summed E-state index contributed by atoms with van der Waals surface area (Å²) in [6.45, 7) is 5.88. The average molecular weight is 223 g/mol. The lowest BCUT2D eigenvalue weighted by Crippen LogP contribution is -2.31. The van der Waals surface area contributed by atoms with E-state index in [1.54, 1.807) is 7.11 Å². The number of hydrogen-bond donors (Lipinski definition) is 2. The lowest BCUT2D eigenvalue weighted by atomic mass is 9.95. The number of methoxy groups -OCH3 is 1. The highest BCUT2D eigenvalue weighted by Crippen LogP contribution is 2.13. The Morgan fingerprint density at radius 3 is 2.38 bits per heavy atom. The van der Waals surface area contributed by atoms with Gasteiger partial charge in [-0.3, -0.25) is 0 Å². The fourth-order valence-electron chi connectivity index (χ4n) is 1.34. The SMILES string of the molecule is COc1ccc(CNCC(C)(C)CO)cc1. The van der Waals surface area contributed by atoms with Crippen LogP contribution in [-0.4, -0.2) is 25.4 Å². The van der Waals surface area contributed by atoms with E-state index in [4.69, 9.17) is 9.84 Å². The standard InChI is InChI=1S/C13H21NO2/c1-13(2,10-15)9-14-8-11-4-6-12(16-3)7-5-11/h4-7,14-15H,8-10H2,1-3H3. The molecule has 0 atom stereocenters. The molecule has 0 saturated heterocycles. The van der Waals surface area contributed by atoms with Crippen LogP contribution < -0.4 is 10.1 Å². The Morgan fingerprint density at radius 1 is 1.25 bits per heavy atom. The summed E-state index contributed by atoms with van der Waals surface area (Å²) in [6, 6.07) is 7.98.